The number of hydrogen-bond acceptors (Lipinski definition) is 4. The first-order chi connectivity index (χ1) is 36.2. The molecule has 0 radical (unpaired) electrons. The van der Waals surface area contributed by atoms with E-state index >= 15 is 0 Å². The summed E-state index contributed by atoms with van der Waals surface area (Å²) in [5.41, 5.74) is 12.1. The van der Waals surface area contributed by atoms with Crippen molar-refractivity contribution in [3.05, 3.63) is 271 Å². The second-order valence-electron chi connectivity index (χ2n) is 17.4. The number of para-hydroxylation sites is 4. The summed E-state index contributed by atoms with van der Waals surface area (Å²) in [6.45, 7) is 0. The van der Waals surface area contributed by atoms with Gasteiger partial charge in [0.05, 0.1) is 11.0 Å². The van der Waals surface area contributed by atoms with Crippen LogP contribution in [0.4, 0.5) is 0 Å². The second kappa shape index (κ2) is 20.1. The fourth-order valence-electron chi connectivity index (χ4n) is 9.50. The topological polar surface area (TPSA) is 82.1 Å². The number of halogens is 1. The van der Waals surface area contributed by atoms with Crippen LogP contribution >= 0.6 is 15.9 Å². The van der Waals surface area contributed by atoms with Gasteiger partial charge in [0.2, 0.25) is 0 Å². The highest BCUT2D eigenvalue weighted by atomic mass is 79.9. The molecule has 8 nitrogen and oxygen atoms in total. The van der Waals surface area contributed by atoms with Crippen LogP contribution in [0, 0.1) is 0 Å². The van der Waals surface area contributed by atoms with Crippen LogP contribution in [-0.4, -0.2) is 39.1 Å². The predicted molar refractivity (Wildman–Crippen MR) is 302 cm³/mol. The van der Waals surface area contributed by atoms with Gasteiger partial charge in [-0.15, -0.1) is 20.4 Å². The van der Waals surface area contributed by atoms with Gasteiger partial charge in [-0.05, 0) is 72.8 Å². The Morgan fingerprint density at radius 2 is 0.534 bits per heavy atom. The van der Waals surface area contributed by atoms with Crippen molar-refractivity contribution in [2.75, 3.05) is 0 Å². The van der Waals surface area contributed by atoms with E-state index in [9.17, 15) is 0 Å². The number of H-pyrrole nitrogens is 1. The molecule has 0 amide bonds. The highest BCUT2D eigenvalue weighted by Crippen LogP contribution is 2.34. The van der Waals surface area contributed by atoms with Crippen LogP contribution in [-0.2, 0) is 0 Å². The van der Waals surface area contributed by atoms with Gasteiger partial charge in [-0.1, -0.05) is 210 Å². The standard InChI is InChI=1S/C32H22N4.C20H14BrN3.C12H9N/c1-3-11-23(12-4-1)31-33-34-32(24-13-5-2-6-14-24)36(31)26-21-19-25(20-22-26)35-29-17-9-7-15-27(29)28-16-8-10-18-30(28)35;21-17-11-13-18(14-12-17)24-19(15-7-3-1-4-8-15)22-23-20(24)16-9-5-2-6-10-16;1-3-7-11-9(5-1)10-6-2-4-8-12(10)13-11/h1-22H;1-14H;1-8,13H. The van der Waals surface area contributed by atoms with E-state index in [1.54, 1.807) is 0 Å². The van der Waals surface area contributed by atoms with Crippen LogP contribution in [0.2, 0.25) is 0 Å². The molecular weight excluding hydrogens is 961 g/mol. The van der Waals surface area contributed by atoms with E-state index in [-0.39, 0.29) is 0 Å². The molecule has 10 aromatic carbocycles. The summed E-state index contributed by atoms with van der Waals surface area (Å²) in [5, 5.41) is 23.3. The van der Waals surface area contributed by atoms with E-state index in [2.05, 4.69) is 213 Å². The van der Waals surface area contributed by atoms with E-state index in [1.807, 2.05) is 109 Å². The van der Waals surface area contributed by atoms with E-state index < -0.39 is 0 Å². The van der Waals surface area contributed by atoms with Gasteiger partial charge in [-0.2, -0.15) is 0 Å². The smallest absolute Gasteiger partial charge is 0.168 e. The molecule has 9 heteroatoms. The van der Waals surface area contributed by atoms with E-state index in [4.69, 9.17) is 0 Å². The van der Waals surface area contributed by atoms with Crippen LogP contribution < -0.4 is 0 Å². The molecular formula is C64H45BrN8. The summed E-state index contributed by atoms with van der Waals surface area (Å²) in [6.07, 6.45) is 0. The fraction of sp³-hybridized carbons (Fsp3) is 0. The molecule has 0 bridgehead atoms. The van der Waals surface area contributed by atoms with E-state index in [1.165, 1.54) is 43.6 Å². The Hall–Kier alpha value is -9.44. The lowest BCUT2D eigenvalue weighted by atomic mass is 10.1. The van der Waals surface area contributed by atoms with Crippen LogP contribution in [0.25, 0.3) is 106 Å². The highest BCUT2D eigenvalue weighted by Gasteiger charge is 2.19. The average Bonchev–Trinajstić information content (AvgIpc) is 4.28. The largest absolute Gasteiger partial charge is 0.355 e. The Balaban J connectivity index is 0.000000125. The van der Waals surface area contributed by atoms with Crippen molar-refractivity contribution in [2.24, 2.45) is 0 Å². The summed E-state index contributed by atoms with van der Waals surface area (Å²) in [6, 6.07) is 91.4. The first-order valence-electron chi connectivity index (χ1n) is 24.1. The van der Waals surface area contributed by atoms with Gasteiger partial charge in [0.15, 0.2) is 23.3 Å². The lowest BCUT2D eigenvalue weighted by molar-refractivity contribution is 1.07. The van der Waals surface area contributed by atoms with E-state index in [0.29, 0.717) is 0 Å². The Morgan fingerprint density at radius 3 is 0.890 bits per heavy atom. The lowest BCUT2D eigenvalue weighted by Crippen LogP contribution is -2.01. The number of rotatable bonds is 7. The molecule has 0 saturated carbocycles. The quantitative estimate of drug-likeness (QED) is 0.172. The summed E-state index contributed by atoms with van der Waals surface area (Å²) in [4.78, 5) is 3.38. The minimum Gasteiger partial charge on any atom is -0.355 e. The van der Waals surface area contributed by atoms with Gasteiger partial charge in [-0.25, -0.2) is 0 Å². The molecule has 4 heterocycles. The molecule has 0 fully saturated rings. The molecule has 1 N–H and O–H groups in total. The Bertz CT molecular complexity index is 3910. The van der Waals surface area contributed by atoms with E-state index in [0.717, 1.165) is 67.1 Å². The number of hydrogen-bond donors (Lipinski definition) is 1. The molecule has 0 spiro atoms. The number of aromatic amines is 1. The third-order valence-electron chi connectivity index (χ3n) is 12.9. The minimum atomic E-state index is 0.819. The number of benzene rings is 10. The summed E-state index contributed by atoms with van der Waals surface area (Å²) in [5.74, 6) is 3.30. The van der Waals surface area contributed by atoms with Crippen molar-refractivity contribution in [1.82, 2.24) is 39.1 Å². The van der Waals surface area contributed by atoms with Crippen molar-refractivity contribution in [3.63, 3.8) is 0 Å². The molecule has 14 rings (SSSR count). The van der Waals surface area contributed by atoms with Crippen molar-refractivity contribution in [1.29, 1.82) is 0 Å². The number of nitrogens with zero attached hydrogens (tertiary/aromatic N) is 7. The number of nitrogens with one attached hydrogen (secondary N) is 1. The molecule has 14 aromatic rings. The molecule has 0 aliphatic rings. The summed E-state index contributed by atoms with van der Waals surface area (Å²) >= 11 is 3.50. The average molecular weight is 1010 g/mol. The normalized spacial score (nSPS) is 11.1. The lowest BCUT2D eigenvalue weighted by Gasteiger charge is -2.13. The third kappa shape index (κ3) is 8.90. The van der Waals surface area contributed by atoms with Gasteiger partial charge in [0.1, 0.15) is 0 Å². The first kappa shape index (κ1) is 44.7. The first-order valence-corrected chi connectivity index (χ1v) is 24.9. The zero-order valence-corrected chi connectivity index (χ0v) is 41.0. The highest BCUT2D eigenvalue weighted by molar-refractivity contribution is 9.10. The van der Waals surface area contributed by atoms with Gasteiger partial charge in [-0.3, -0.25) is 9.13 Å². The Morgan fingerprint density at radius 1 is 0.260 bits per heavy atom. The Labute approximate surface area is 430 Å². The molecule has 4 aromatic heterocycles. The van der Waals surface area contributed by atoms with Crippen LogP contribution in [0.5, 0.6) is 0 Å². The van der Waals surface area contributed by atoms with Gasteiger partial charge in [0.25, 0.3) is 0 Å². The predicted octanol–water partition coefficient (Wildman–Crippen LogP) is 16.4. The fourth-order valence-corrected chi connectivity index (χ4v) is 9.76. The van der Waals surface area contributed by atoms with Crippen LogP contribution in [0.3, 0.4) is 0 Å². The van der Waals surface area contributed by atoms with Gasteiger partial charge < -0.3 is 9.55 Å². The second-order valence-corrected chi connectivity index (χ2v) is 18.3. The molecule has 0 aliphatic heterocycles. The van der Waals surface area contributed by atoms with Crippen molar-refractivity contribution >= 4 is 59.5 Å². The monoisotopic (exact) mass is 1000 g/mol. The van der Waals surface area contributed by atoms with Crippen LogP contribution in [0.1, 0.15) is 0 Å². The zero-order chi connectivity index (χ0) is 48.9. The molecule has 0 saturated heterocycles. The van der Waals surface area contributed by atoms with Gasteiger partial charge >= 0.3 is 0 Å². The zero-order valence-electron chi connectivity index (χ0n) is 39.4. The number of fused-ring (bicyclic) bond motifs is 6. The van der Waals surface area contributed by atoms with Crippen molar-refractivity contribution in [3.8, 4) is 62.6 Å². The maximum Gasteiger partial charge on any atom is 0.168 e. The maximum atomic E-state index is 4.60. The maximum absolute atomic E-state index is 4.60. The molecule has 0 aliphatic carbocycles. The Kier molecular flexibility index (Phi) is 12.3. The third-order valence-corrected chi connectivity index (χ3v) is 13.4. The summed E-state index contributed by atoms with van der Waals surface area (Å²) in [7, 11) is 0. The SMILES string of the molecule is Brc1ccc(-n2c(-c3ccccc3)nnc2-c2ccccc2)cc1.c1ccc(-c2nnc(-c3ccccc3)n2-c2ccc(-n3c4ccccc4c4ccccc43)cc2)cc1.c1ccc2c(c1)[nH]c1ccccc12. The molecule has 0 unspecified atom stereocenters. The molecule has 348 valence electrons. The number of aromatic nitrogens is 8. The molecule has 73 heavy (non-hydrogen) atoms. The van der Waals surface area contributed by atoms with Gasteiger partial charge in [0, 0.05) is 76.4 Å². The van der Waals surface area contributed by atoms with Crippen LogP contribution in [0.15, 0.2) is 271 Å². The minimum absolute atomic E-state index is 0.819. The summed E-state index contributed by atoms with van der Waals surface area (Å²) < 4.78 is 7.61. The van der Waals surface area contributed by atoms with Crippen molar-refractivity contribution in [2.45, 2.75) is 0 Å². The molecule has 0 atom stereocenters. The van der Waals surface area contributed by atoms with Crippen molar-refractivity contribution < 1.29 is 0 Å².